The van der Waals surface area contributed by atoms with Crippen LogP contribution in [-0.2, 0) is 15.7 Å². The van der Waals surface area contributed by atoms with Crippen LogP contribution in [0.4, 0.5) is 17.7 Å². The normalized spacial score (nSPS) is 12.2. The highest BCUT2D eigenvalue weighted by Gasteiger charge is 2.26. The molecule has 3 aromatic rings. The molecule has 0 saturated heterocycles. The predicted molar refractivity (Wildman–Crippen MR) is 132 cm³/mol. The summed E-state index contributed by atoms with van der Waals surface area (Å²) in [5.41, 5.74) is 0.525. The molecule has 0 aliphatic carbocycles. The van der Waals surface area contributed by atoms with Crippen molar-refractivity contribution in [1.29, 1.82) is 0 Å². The van der Waals surface area contributed by atoms with Gasteiger partial charge in [-0.2, -0.15) is 15.1 Å². The van der Waals surface area contributed by atoms with E-state index in [1.165, 1.54) is 11.8 Å². The highest BCUT2D eigenvalue weighted by molar-refractivity contribution is 7.99. The molecule has 0 bridgehead atoms. The van der Waals surface area contributed by atoms with Gasteiger partial charge in [0, 0.05) is 24.6 Å². The van der Waals surface area contributed by atoms with Gasteiger partial charge in [-0.1, -0.05) is 32.5 Å². The number of rotatable bonds is 8. The Morgan fingerprint density at radius 3 is 2.33 bits per heavy atom. The first-order valence-corrected chi connectivity index (χ1v) is 12.1. The van der Waals surface area contributed by atoms with Crippen LogP contribution in [0.3, 0.4) is 0 Å². The number of anilines is 3. The lowest BCUT2D eigenvalue weighted by atomic mass is 9.92. The molecule has 33 heavy (non-hydrogen) atoms. The van der Waals surface area contributed by atoms with Crippen LogP contribution in [0.25, 0.3) is 5.78 Å². The summed E-state index contributed by atoms with van der Waals surface area (Å²) in [6.07, 6.45) is 0. The molecule has 0 aliphatic heterocycles. The van der Waals surface area contributed by atoms with Gasteiger partial charge in [0.1, 0.15) is 5.82 Å². The van der Waals surface area contributed by atoms with Crippen LogP contribution < -0.4 is 16.0 Å². The molecule has 0 fully saturated rings. The molecule has 3 aromatic heterocycles. The highest BCUT2D eigenvalue weighted by atomic mass is 32.2. The van der Waals surface area contributed by atoms with Crippen LogP contribution >= 0.6 is 11.8 Å². The summed E-state index contributed by atoms with van der Waals surface area (Å²) in [4.78, 5) is 21.7. The minimum absolute atomic E-state index is 0.126. The second-order valence-electron chi connectivity index (χ2n) is 9.63. The van der Waals surface area contributed by atoms with Gasteiger partial charge in [0.2, 0.25) is 17.8 Å². The largest absolute Gasteiger partial charge is 0.355 e. The van der Waals surface area contributed by atoms with Gasteiger partial charge < -0.3 is 16.0 Å². The molecule has 0 aromatic carbocycles. The van der Waals surface area contributed by atoms with Crippen LogP contribution in [-0.4, -0.2) is 59.1 Å². The van der Waals surface area contributed by atoms with E-state index in [0.29, 0.717) is 41.7 Å². The van der Waals surface area contributed by atoms with E-state index in [9.17, 15) is 4.79 Å². The van der Waals surface area contributed by atoms with Crippen LogP contribution in [0.5, 0.6) is 0 Å². The van der Waals surface area contributed by atoms with Crippen molar-refractivity contribution in [2.75, 3.05) is 34.8 Å². The van der Waals surface area contributed by atoms with Gasteiger partial charge in [-0.25, -0.2) is 9.08 Å². The number of fused-ring (bicyclic) bond motifs is 1. The van der Waals surface area contributed by atoms with Gasteiger partial charge in [-0.15, -0.1) is 10.2 Å². The predicted octanol–water partition coefficient (Wildman–Crippen LogP) is 3.36. The molecule has 3 rings (SSSR count). The van der Waals surface area contributed by atoms with E-state index >= 15 is 0 Å². The van der Waals surface area contributed by atoms with Gasteiger partial charge >= 0.3 is 0 Å². The average Bonchev–Trinajstić information content (AvgIpc) is 3.31. The lowest BCUT2D eigenvalue weighted by molar-refractivity contribution is -0.113. The number of hydrogen-bond donors (Lipinski definition) is 3. The molecule has 0 atom stereocenters. The number of nitrogens with zero attached hydrogens (tertiary/aromatic N) is 7. The molecule has 0 aliphatic rings. The molecule has 3 heterocycles. The fourth-order valence-electron chi connectivity index (χ4n) is 3.05. The number of carbonyl (C=O) groups is 1. The molecule has 0 unspecified atom stereocenters. The molecule has 1 amide bonds. The molecule has 11 nitrogen and oxygen atoms in total. The third-order valence-electron chi connectivity index (χ3n) is 4.63. The van der Waals surface area contributed by atoms with Crippen LogP contribution in [0.2, 0.25) is 0 Å². The molecule has 3 N–H and O–H groups in total. The zero-order valence-electron chi connectivity index (χ0n) is 20.6. The number of hydrogen-bond acceptors (Lipinski definition) is 9. The maximum absolute atomic E-state index is 12.8. The van der Waals surface area contributed by atoms with Gasteiger partial charge in [-0.3, -0.25) is 4.79 Å². The third kappa shape index (κ3) is 5.73. The standard InChI is InChI=1S/C21H34N10OS/c1-9-22-16-25-17(23-10-2)30-18(26-16)27-28-19(30)33-12-15(32)24-14-11-13(20(3,4)5)29-31(14)21(6,7)8/h11H,9-10,12H2,1-8H3,(H,24,32)(H2,22,23,25,26,27). The van der Waals surface area contributed by atoms with E-state index < -0.39 is 0 Å². The summed E-state index contributed by atoms with van der Waals surface area (Å²) >= 11 is 1.28. The van der Waals surface area contributed by atoms with Crippen molar-refractivity contribution in [3.05, 3.63) is 11.8 Å². The Morgan fingerprint density at radius 1 is 1.03 bits per heavy atom. The van der Waals surface area contributed by atoms with Crippen LogP contribution in [0, 0.1) is 0 Å². The molecule has 0 spiro atoms. The topological polar surface area (TPSA) is 127 Å². The Kier molecular flexibility index (Phi) is 7.15. The quantitative estimate of drug-likeness (QED) is 0.421. The number of amides is 1. The smallest absolute Gasteiger partial charge is 0.261 e. The zero-order valence-corrected chi connectivity index (χ0v) is 21.5. The van der Waals surface area contributed by atoms with E-state index in [1.54, 1.807) is 4.40 Å². The monoisotopic (exact) mass is 474 g/mol. The summed E-state index contributed by atoms with van der Waals surface area (Å²) in [5.74, 6) is 2.15. The highest BCUT2D eigenvalue weighted by Crippen LogP contribution is 2.28. The lowest BCUT2D eigenvalue weighted by Gasteiger charge is -2.23. The lowest BCUT2D eigenvalue weighted by Crippen LogP contribution is -2.27. The van der Waals surface area contributed by atoms with Gasteiger partial charge in [-0.05, 0) is 34.6 Å². The zero-order chi connectivity index (χ0) is 24.4. The molecular formula is C21H34N10OS. The first-order valence-electron chi connectivity index (χ1n) is 11.1. The van der Waals surface area contributed by atoms with E-state index in [-0.39, 0.29) is 22.6 Å². The van der Waals surface area contributed by atoms with Crippen LogP contribution in [0.15, 0.2) is 11.2 Å². The number of nitrogens with one attached hydrogen (secondary N) is 3. The van der Waals surface area contributed by atoms with Crippen LogP contribution in [0.1, 0.15) is 61.1 Å². The van der Waals surface area contributed by atoms with Gasteiger partial charge in [0.15, 0.2) is 5.16 Å². The molecular weight excluding hydrogens is 440 g/mol. The van der Waals surface area contributed by atoms with E-state index in [1.807, 2.05) is 24.6 Å². The van der Waals surface area contributed by atoms with Gasteiger partial charge in [0.05, 0.1) is 17.0 Å². The fraction of sp³-hybridized carbons (Fsp3) is 0.619. The summed E-state index contributed by atoms with van der Waals surface area (Å²) in [7, 11) is 0. The Bertz CT molecular complexity index is 1120. The number of aromatic nitrogens is 7. The minimum atomic E-state index is -0.273. The Hall–Kier alpha value is -2.89. The molecule has 12 heteroatoms. The Labute approximate surface area is 198 Å². The van der Waals surface area contributed by atoms with Crippen molar-refractivity contribution in [3.63, 3.8) is 0 Å². The molecule has 180 valence electrons. The Balaban J connectivity index is 1.80. The van der Waals surface area contributed by atoms with E-state index in [0.717, 1.165) is 5.69 Å². The average molecular weight is 475 g/mol. The maximum Gasteiger partial charge on any atom is 0.261 e. The first kappa shape index (κ1) is 24.7. The summed E-state index contributed by atoms with van der Waals surface area (Å²) in [6, 6.07) is 1.94. The minimum Gasteiger partial charge on any atom is -0.355 e. The van der Waals surface area contributed by atoms with Crippen molar-refractivity contribution < 1.29 is 4.79 Å². The summed E-state index contributed by atoms with van der Waals surface area (Å²) < 4.78 is 3.58. The molecule has 0 radical (unpaired) electrons. The third-order valence-corrected chi connectivity index (χ3v) is 5.56. The summed E-state index contributed by atoms with van der Waals surface area (Å²) in [5, 5.41) is 23.0. The Morgan fingerprint density at radius 2 is 1.73 bits per heavy atom. The van der Waals surface area contributed by atoms with E-state index in [2.05, 4.69) is 77.7 Å². The molecule has 0 saturated carbocycles. The second kappa shape index (κ2) is 9.54. The van der Waals surface area contributed by atoms with Crippen molar-refractivity contribution in [1.82, 2.24) is 34.3 Å². The second-order valence-corrected chi connectivity index (χ2v) is 10.6. The summed E-state index contributed by atoms with van der Waals surface area (Å²) in [6.45, 7) is 17.8. The maximum atomic E-state index is 12.8. The number of thioether (sulfide) groups is 1. The van der Waals surface area contributed by atoms with Crippen molar-refractivity contribution in [3.8, 4) is 0 Å². The van der Waals surface area contributed by atoms with Crippen molar-refractivity contribution in [2.45, 2.75) is 71.5 Å². The number of carbonyl (C=O) groups excluding carboxylic acids is 1. The SMILES string of the molecule is CCNc1nc(NCC)n2c(SCC(=O)Nc3cc(C(C)(C)C)nn3C(C)(C)C)nnc2n1. The first-order chi connectivity index (χ1) is 15.4. The van der Waals surface area contributed by atoms with Crippen molar-refractivity contribution in [2.24, 2.45) is 0 Å². The van der Waals surface area contributed by atoms with Crippen molar-refractivity contribution >= 4 is 41.2 Å². The van der Waals surface area contributed by atoms with Gasteiger partial charge in [0.25, 0.3) is 5.78 Å². The fourth-order valence-corrected chi connectivity index (χ4v) is 3.78. The van der Waals surface area contributed by atoms with E-state index in [4.69, 9.17) is 5.10 Å².